The molecule has 8 aromatic heterocycles. The first-order valence-corrected chi connectivity index (χ1v) is 52.8. The molecule has 12 heterocycles. The average molecular weight is 2100 g/mol. The topological polar surface area (TPSA) is 489 Å². The van der Waals surface area contributed by atoms with E-state index in [9.17, 15) is 52.8 Å². The highest BCUT2D eigenvalue weighted by atomic mass is 32.2. The number of benzene rings is 4. The number of nitrogens with one attached hydrogen (secondary N) is 8. The van der Waals surface area contributed by atoms with Crippen molar-refractivity contribution in [1.82, 2.24) is 117 Å². The monoisotopic (exact) mass is 2100 g/mol. The lowest BCUT2D eigenvalue weighted by atomic mass is 10.1. The van der Waals surface area contributed by atoms with Gasteiger partial charge in [-0.05, 0) is 255 Å². The lowest BCUT2D eigenvalue weighted by Gasteiger charge is -2.19. The first-order valence-electron chi connectivity index (χ1n) is 66.0. The maximum atomic E-state index is 13.5. The van der Waals surface area contributed by atoms with E-state index in [-0.39, 0.29) is 229 Å². The van der Waals surface area contributed by atoms with E-state index in [1.54, 1.807) is 0 Å². The van der Waals surface area contributed by atoms with E-state index in [0.717, 1.165) is 15.4 Å². The van der Waals surface area contributed by atoms with Crippen LogP contribution >= 0.6 is 0 Å². The quantitative estimate of drug-likeness (QED) is 0.0176. The molecule has 0 radical (unpaired) electrons. The highest BCUT2D eigenvalue weighted by Crippen LogP contribution is 2.38. The molecule has 4 aliphatic rings. The Morgan fingerprint density at radius 1 is 0.361 bits per heavy atom. The largest absolute Gasteiger partial charge is 0.493 e. The van der Waals surface area contributed by atoms with Gasteiger partial charge in [0.2, 0.25) is 40.1 Å². The van der Waals surface area contributed by atoms with Gasteiger partial charge in [-0.3, -0.25) is 37.9 Å². The van der Waals surface area contributed by atoms with Crippen LogP contribution in [-0.2, 0) is 93.7 Å². The fourth-order valence-corrected chi connectivity index (χ4v) is 20.6. The van der Waals surface area contributed by atoms with Crippen LogP contribution in [0.3, 0.4) is 0 Å². The molecule has 44 heteroatoms. The Kier molecular flexibility index (Phi) is 24.0. The number of ether oxygens (including phenoxy) is 4. The maximum Gasteiger partial charge on any atom is 0.277 e. The SMILES string of the molecule is [2H]C(CC1CCCN1C([2H])([2H])[2H])NS(=O)(=O)c1ccc(OCCC)c(-c2nc3c(C([2H])([2H])CC([2H])([2H])[2H])nn(C)c3c(=O)[nH]2)c1.[2H]C(CC1CCCN1C([2H])([2H])[2H])NS(=O)(=O)c1ccc(OCCC)c(-c2nc3c(CCC([2H])([2H])[2H])nn(C([2H])([2H])[2H])c3c(=O)[nH]2)c1.[2H]C([2H])([2H])CC([2H])([2H])c1nn(C)c2c(=O)[nH]c(-c3cc(S(=O)(=O)NC([2H])([2H])CC4CCCN4C([2H])([2H])[2H])ccc3OCCC)nc12.[2H]C([2H])([2H])CCc1nn(C([2H])([2H])[2H])c2c(=O)[nH]c(-c3cc(S(=O)(=O)NCCC4CCCN4C([2H])([2H])[2H])ccc3OCCC)nc12. The van der Waals surface area contributed by atoms with Crippen molar-refractivity contribution in [2.24, 2.45) is 28.0 Å². The van der Waals surface area contributed by atoms with E-state index >= 15 is 0 Å². The van der Waals surface area contributed by atoms with Gasteiger partial charge in [-0.15, -0.1) is 0 Å². The summed E-state index contributed by atoms with van der Waals surface area (Å²) in [6.07, 6.45) is -1.25. The predicted molar refractivity (Wildman–Crippen MR) is 559 cm³/mol. The van der Waals surface area contributed by atoms with Gasteiger partial charge < -0.3 is 58.5 Å². The third-order valence-corrected chi connectivity index (χ3v) is 29.3. The molecule has 8 N–H and O–H groups in total. The van der Waals surface area contributed by atoms with Crippen molar-refractivity contribution in [3.8, 4) is 68.5 Å². The van der Waals surface area contributed by atoms with Crippen molar-refractivity contribution in [2.45, 2.75) is 253 Å². The molecule has 144 heavy (non-hydrogen) atoms. The summed E-state index contributed by atoms with van der Waals surface area (Å²) in [4.78, 5) is 84.8. The standard InChI is InChI=1S/4C25H36N6O4S/c4*1-5-8-20-22-23(31(4)29-20)25(32)28-24(27-22)19-16-18(10-11-21(19)35-15-6-2)36(33,34)26-13-12-17-9-7-14-30(17)3/h4*10-11,16-17,26H,5-9,12-15H2,1-4H3,(H,27,28,32)/i1D3,3D3,8D2,13D2;1D3,3D3,8D2,13D;1D3,3D3,4D3,13D;1D3,3D3,4D3. The molecular formula is C100H144N24O16S4. The molecule has 12 aromatic rings. The molecule has 0 aliphatic carbocycles. The summed E-state index contributed by atoms with van der Waals surface area (Å²) in [6.45, 7) is -20.8. The number of aromatic amines is 4. The van der Waals surface area contributed by atoms with E-state index in [4.69, 9.17) is 71.0 Å². The fourth-order valence-electron chi connectivity index (χ4n) is 16.6. The fraction of sp³-hybridized carbons (Fsp3) is 0.560. The Labute approximate surface area is 896 Å². The van der Waals surface area contributed by atoms with Crippen molar-refractivity contribution in [2.75, 3.05) is 107 Å². The van der Waals surface area contributed by atoms with Crippen molar-refractivity contribution >= 4 is 84.2 Å². The summed E-state index contributed by atoms with van der Waals surface area (Å²) in [7, 11) is -14.6. The molecule has 4 aromatic carbocycles. The van der Waals surface area contributed by atoms with Crippen LogP contribution in [0.1, 0.15) is 258 Å². The molecular weight excluding hydrogens is 1920 g/mol. The summed E-state index contributed by atoms with van der Waals surface area (Å²) in [5, 5.41) is 16.2. The van der Waals surface area contributed by atoms with Gasteiger partial charge in [0, 0.05) is 130 Å². The summed E-state index contributed by atoms with van der Waals surface area (Å²) in [5.41, 5.74) is -5.64. The van der Waals surface area contributed by atoms with Gasteiger partial charge in [0.25, 0.3) is 22.2 Å². The second-order valence-electron chi connectivity index (χ2n) is 34.1. The number of hydrogen-bond donors (Lipinski definition) is 8. The molecule has 4 aliphatic heterocycles. The van der Waals surface area contributed by atoms with Crippen LogP contribution in [-0.4, -0.2) is 263 Å². The molecule has 0 bridgehead atoms. The first kappa shape index (κ1) is 69.2. The number of fused-ring (bicyclic) bond motifs is 4. The van der Waals surface area contributed by atoms with Crippen LogP contribution < -0.4 is 60.1 Å². The van der Waals surface area contributed by atoms with Gasteiger partial charge in [0.05, 0.1) is 91.0 Å². The summed E-state index contributed by atoms with van der Waals surface area (Å²) >= 11 is 0. The first-order chi connectivity index (χ1) is 83.8. The molecule has 784 valence electrons. The zero-order chi connectivity index (χ0) is 136. The molecule has 16 rings (SSSR count). The van der Waals surface area contributed by atoms with Gasteiger partial charge in [-0.25, -0.2) is 72.5 Å². The van der Waals surface area contributed by atoms with Gasteiger partial charge >= 0.3 is 0 Å². The second kappa shape index (κ2) is 49.9. The Morgan fingerprint density at radius 2 is 0.653 bits per heavy atom. The van der Waals surface area contributed by atoms with Gasteiger partial charge in [-0.1, -0.05) is 80.8 Å². The number of aromatic nitrogens is 16. The number of aryl methyl sites for hydroxylation is 8. The minimum atomic E-state index is -4.58. The minimum absolute atomic E-state index is 0.00873. The maximum absolute atomic E-state index is 13.5. The average Bonchev–Trinajstić information content (AvgIpc) is 1.59. The number of likely N-dealkylation sites (tertiary alicyclic amines) is 4. The number of H-pyrrole nitrogens is 4. The van der Waals surface area contributed by atoms with E-state index < -0.39 is 212 Å². The Bertz CT molecular complexity index is 8870. The molecule has 6 atom stereocenters. The number of nitrogens with zero attached hydrogens (tertiary/aromatic N) is 16. The molecule has 0 saturated carbocycles. The summed E-state index contributed by atoms with van der Waals surface area (Å²) in [5.74, 6) is -0.0737. The Morgan fingerprint density at radius 3 is 0.965 bits per heavy atom. The van der Waals surface area contributed by atoms with Crippen LogP contribution in [0.15, 0.2) is 112 Å². The van der Waals surface area contributed by atoms with Crippen LogP contribution in [0.2, 0.25) is 0 Å². The zero-order valence-corrected chi connectivity index (χ0v) is 83.4. The number of sulfonamides is 4. The third-order valence-electron chi connectivity index (χ3n) is 23.8. The normalized spacial score (nSPS) is 22.2. The molecule has 4 saturated heterocycles. The van der Waals surface area contributed by atoms with Crippen LogP contribution in [0.4, 0.5) is 0 Å². The van der Waals surface area contributed by atoms with Gasteiger partial charge in [0.15, 0.2) is 22.1 Å². The summed E-state index contributed by atoms with van der Waals surface area (Å²) < 4.78 is 440. The van der Waals surface area contributed by atoms with Crippen LogP contribution in [0.25, 0.3) is 89.7 Å². The Hall–Kier alpha value is -11.0. The third kappa shape index (κ3) is 26.5. The highest BCUT2D eigenvalue weighted by molar-refractivity contribution is 7.90. The molecule has 4 fully saturated rings. The van der Waals surface area contributed by atoms with E-state index in [2.05, 4.69) is 74.4 Å². The van der Waals surface area contributed by atoms with Gasteiger partial charge in [-0.2, -0.15) is 20.4 Å². The number of rotatable bonds is 44. The molecule has 6 unspecified atom stereocenters. The highest BCUT2D eigenvalue weighted by Gasteiger charge is 2.32. The molecule has 0 amide bonds. The minimum Gasteiger partial charge on any atom is -0.493 e. The lowest BCUT2D eigenvalue weighted by Crippen LogP contribution is -2.31. The zero-order valence-electron chi connectivity index (χ0n) is 118. The smallest absolute Gasteiger partial charge is 0.277 e. The van der Waals surface area contributed by atoms with Gasteiger partial charge in [0.1, 0.15) is 68.4 Å². The number of hydrogen-bond acceptors (Lipinski definition) is 28. The van der Waals surface area contributed by atoms with E-state index in [0.29, 0.717) is 112 Å². The van der Waals surface area contributed by atoms with Crippen molar-refractivity contribution < 1.29 is 105 Å². The lowest BCUT2D eigenvalue weighted by molar-refractivity contribution is 0.297. The van der Waals surface area contributed by atoms with Crippen molar-refractivity contribution in [3.63, 3.8) is 0 Å². The molecule has 0 spiro atoms. The van der Waals surface area contributed by atoms with Crippen molar-refractivity contribution in [3.05, 3.63) is 137 Å². The van der Waals surface area contributed by atoms with E-state index in [1.165, 1.54) is 100 Å². The van der Waals surface area contributed by atoms with Crippen molar-refractivity contribution in [1.29, 1.82) is 0 Å². The Balaban J connectivity index is 0.000000197. The summed E-state index contributed by atoms with van der Waals surface area (Å²) in [6, 6.07) is 13.2. The van der Waals surface area contributed by atoms with Crippen LogP contribution in [0.5, 0.6) is 23.0 Å². The van der Waals surface area contributed by atoms with E-state index in [1.807, 2.05) is 32.4 Å². The molecule has 40 nitrogen and oxygen atoms in total. The van der Waals surface area contributed by atoms with Crippen LogP contribution in [0, 0.1) is 0 Å². The predicted octanol–water partition coefficient (Wildman–Crippen LogP) is 11.3. The second-order valence-corrected chi connectivity index (χ2v) is 41.0.